The molecule has 3 aromatic rings. The van der Waals surface area contributed by atoms with Crippen LogP contribution >= 0.6 is 0 Å². The Morgan fingerprint density at radius 1 is 1.06 bits per heavy atom. The monoisotopic (exact) mass is 475 g/mol. The number of carbonyl (C=O) groups is 1. The molecule has 35 heavy (non-hydrogen) atoms. The van der Waals surface area contributed by atoms with Crippen molar-refractivity contribution < 1.29 is 19.0 Å². The molecule has 1 aliphatic rings. The Morgan fingerprint density at radius 3 is 2.60 bits per heavy atom. The molecule has 7 heteroatoms. The van der Waals surface area contributed by atoms with Gasteiger partial charge in [0, 0.05) is 43.2 Å². The van der Waals surface area contributed by atoms with E-state index in [9.17, 15) is 4.79 Å². The molecule has 0 aliphatic carbocycles. The highest BCUT2D eigenvalue weighted by Crippen LogP contribution is 2.28. The molecule has 1 fully saturated rings. The summed E-state index contributed by atoms with van der Waals surface area (Å²) >= 11 is 0. The molecule has 0 radical (unpaired) electrons. The molecular weight excluding hydrogens is 442 g/mol. The number of hydrogen-bond donors (Lipinski definition) is 0. The molecule has 0 spiro atoms. The number of pyridine rings is 1. The van der Waals surface area contributed by atoms with Crippen LogP contribution in [0.15, 0.2) is 60.7 Å². The fourth-order valence-corrected chi connectivity index (χ4v) is 4.37. The van der Waals surface area contributed by atoms with Gasteiger partial charge in [0.1, 0.15) is 0 Å². The van der Waals surface area contributed by atoms with E-state index in [-0.39, 0.29) is 11.9 Å². The summed E-state index contributed by atoms with van der Waals surface area (Å²) in [5.41, 5.74) is 3.41. The van der Waals surface area contributed by atoms with Gasteiger partial charge in [-0.1, -0.05) is 24.3 Å². The predicted octanol–water partition coefficient (Wildman–Crippen LogP) is 4.16. The number of aromatic nitrogens is 1. The molecule has 0 bridgehead atoms. The Hall–Kier alpha value is -3.58. The first-order chi connectivity index (χ1) is 17.0. The quantitative estimate of drug-likeness (QED) is 0.463. The van der Waals surface area contributed by atoms with Crippen molar-refractivity contribution in [2.45, 2.75) is 18.9 Å². The van der Waals surface area contributed by atoms with Gasteiger partial charge in [-0.25, -0.2) is 4.98 Å². The number of likely N-dealkylation sites (tertiary alicyclic amines) is 1. The van der Waals surface area contributed by atoms with E-state index < -0.39 is 0 Å². The molecular formula is C28H33N3O4. The van der Waals surface area contributed by atoms with Crippen LogP contribution in [0.2, 0.25) is 0 Å². The normalized spacial score (nSPS) is 15.6. The van der Waals surface area contributed by atoms with E-state index in [4.69, 9.17) is 14.2 Å². The fraction of sp³-hybridized carbons (Fsp3) is 0.357. The van der Waals surface area contributed by atoms with E-state index in [2.05, 4.69) is 16.9 Å². The fourth-order valence-electron chi connectivity index (χ4n) is 4.37. The third-order valence-electron chi connectivity index (χ3n) is 6.45. The molecule has 2 heterocycles. The molecule has 1 aromatic heterocycles. The van der Waals surface area contributed by atoms with Gasteiger partial charge in [-0.05, 0) is 55.9 Å². The number of hydrogen-bond acceptors (Lipinski definition) is 6. The highest BCUT2D eigenvalue weighted by atomic mass is 16.5. The summed E-state index contributed by atoms with van der Waals surface area (Å²) < 4.78 is 16.6. The van der Waals surface area contributed by atoms with Gasteiger partial charge in [-0.3, -0.25) is 4.79 Å². The van der Waals surface area contributed by atoms with Gasteiger partial charge in [0.2, 0.25) is 5.88 Å². The van der Waals surface area contributed by atoms with Crippen LogP contribution in [0.3, 0.4) is 0 Å². The van der Waals surface area contributed by atoms with E-state index in [0.717, 1.165) is 36.3 Å². The zero-order chi connectivity index (χ0) is 24.8. The second kappa shape index (κ2) is 11.2. The van der Waals surface area contributed by atoms with E-state index in [1.165, 1.54) is 0 Å². The van der Waals surface area contributed by atoms with Crippen molar-refractivity contribution in [3.63, 3.8) is 0 Å². The Balaban J connectivity index is 1.41. The molecule has 0 N–H and O–H groups in total. The van der Waals surface area contributed by atoms with Crippen LogP contribution < -0.4 is 14.2 Å². The summed E-state index contributed by atoms with van der Waals surface area (Å²) in [4.78, 5) is 21.9. The van der Waals surface area contributed by atoms with Crippen LogP contribution in [0.1, 0.15) is 22.3 Å². The van der Waals surface area contributed by atoms with Crippen molar-refractivity contribution in [1.82, 2.24) is 14.8 Å². The van der Waals surface area contributed by atoms with Crippen LogP contribution in [0.25, 0.3) is 11.3 Å². The minimum absolute atomic E-state index is 0.0366. The van der Waals surface area contributed by atoms with Crippen molar-refractivity contribution in [2.24, 2.45) is 0 Å². The zero-order valence-corrected chi connectivity index (χ0v) is 20.9. The van der Waals surface area contributed by atoms with Gasteiger partial charge in [-0.2, -0.15) is 0 Å². The Kier molecular flexibility index (Phi) is 7.87. The number of nitrogens with zero attached hydrogens (tertiary/aromatic N) is 3. The number of rotatable bonds is 9. The van der Waals surface area contributed by atoms with Crippen molar-refractivity contribution in [2.75, 3.05) is 48.0 Å². The number of amides is 1. The standard InChI is InChI=1S/C28H33N3O4/c1-30-15-13-23(19-30)31(2)28(32)22-8-5-7-21(18-22)24-9-6-10-27(29-24)35-16-14-20-11-12-25(33-3)26(17-20)34-4/h5-12,17-18,23H,13-16,19H2,1-4H3. The van der Waals surface area contributed by atoms with Crippen molar-refractivity contribution >= 4 is 5.91 Å². The average molecular weight is 476 g/mol. The van der Waals surface area contributed by atoms with Gasteiger partial charge in [0.25, 0.3) is 5.91 Å². The minimum atomic E-state index is 0.0366. The largest absolute Gasteiger partial charge is 0.493 e. The minimum Gasteiger partial charge on any atom is -0.493 e. The molecule has 1 unspecified atom stereocenters. The molecule has 4 rings (SSSR count). The van der Waals surface area contributed by atoms with Crippen LogP contribution in [0.4, 0.5) is 0 Å². The molecule has 1 amide bonds. The lowest BCUT2D eigenvalue weighted by molar-refractivity contribution is 0.0737. The first-order valence-corrected chi connectivity index (χ1v) is 11.9. The van der Waals surface area contributed by atoms with E-state index >= 15 is 0 Å². The van der Waals surface area contributed by atoms with Crippen LogP contribution in [-0.2, 0) is 6.42 Å². The number of ether oxygens (including phenoxy) is 3. The SMILES string of the molecule is COc1ccc(CCOc2cccc(-c3cccc(C(=O)N(C)C4CCN(C)C4)c3)n2)cc1OC. The summed E-state index contributed by atoms with van der Waals surface area (Å²) in [5.74, 6) is 1.99. The molecule has 1 atom stereocenters. The molecule has 2 aromatic carbocycles. The Bertz CT molecular complexity index is 1170. The van der Waals surface area contributed by atoms with Crippen molar-refractivity contribution in [1.29, 1.82) is 0 Å². The summed E-state index contributed by atoms with van der Waals surface area (Å²) in [6.45, 7) is 2.41. The third kappa shape index (κ3) is 5.92. The van der Waals surface area contributed by atoms with Gasteiger partial charge in [-0.15, -0.1) is 0 Å². The topological polar surface area (TPSA) is 64.1 Å². The Morgan fingerprint density at radius 2 is 1.86 bits per heavy atom. The zero-order valence-electron chi connectivity index (χ0n) is 20.9. The maximum atomic E-state index is 13.1. The van der Waals surface area contributed by atoms with Crippen LogP contribution in [0.5, 0.6) is 17.4 Å². The van der Waals surface area contributed by atoms with Gasteiger partial charge in [0.15, 0.2) is 11.5 Å². The average Bonchev–Trinajstić information content (AvgIpc) is 3.34. The number of likely N-dealkylation sites (N-methyl/N-ethyl adjacent to an activating group) is 2. The van der Waals surface area contributed by atoms with Gasteiger partial charge in [0.05, 0.1) is 26.5 Å². The first-order valence-electron chi connectivity index (χ1n) is 11.9. The Labute approximate surface area is 207 Å². The first kappa shape index (κ1) is 24.5. The molecule has 7 nitrogen and oxygen atoms in total. The highest BCUT2D eigenvalue weighted by molar-refractivity contribution is 5.95. The van der Waals surface area contributed by atoms with Crippen LogP contribution in [-0.4, -0.2) is 74.7 Å². The predicted molar refractivity (Wildman–Crippen MR) is 136 cm³/mol. The number of benzene rings is 2. The second-order valence-corrected chi connectivity index (χ2v) is 8.85. The lowest BCUT2D eigenvalue weighted by Gasteiger charge is -2.24. The van der Waals surface area contributed by atoms with Crippen molar-refractivity contribution in [3.05, 3.63) is 71.8 Å². The lowest BCUT2D eigenvalue weighted by Crippen LogP contribution is -2.38. The smallest absolute Gasteiger partial charge is 0.253 e. The third-order valence-corrected chi connectivity index (χ3v) is 6.45. The molecule has 1 aliphatic heterocycles. The van der Waals surface area contributed by atoms with E-state index in [0.29, 0.717) is 36.0 Å². The van der Waals surface area contributed by atoms with Gasteiger partial charge < -0.3 is 24.0 Å². The summed E-state index contributed by atoms with van der Waals surface area (Å²) in [6, 6.07) is 19.4. The molecule has 0 saturated carbocycles. The second-order valence-electron chi connectivity index (χ2n) is 8.85. The maximum Gasteiger partial charge on any atom is 0.253 e. The highest BCUT2D eigenvalue weighted by Gasteiger charge is 2.27. The summed E-state index contributed by atoms with van der Waals surface area (Å²) in [7, 11) is 7.23. The number of carbonyl (C=O) groups excluding carboxylic acids is 1. The molecule has 184 valence electrons. The van der Waals surface area contributed by atoms with Gasteiger partial charge >= 0.3 is 0 Å². The van der Waals surface area contributed by atoms with E-state index in [1.807, 2.05) is 72.6 Å². The lowest BCUT2D eigenvalue weighted by atomic mass is 10.1. The van der Waals surface area contributed by atoms with Crippen molar-refractivity contribution in [3.8, 4) is 28.6 Å². The number of methoxy groups -OCH3 is 2. The maximum absolute atomic E-state index is 13.1. The van der Waals surface area contributed by atoms with Crippen LogP contribution in [0, 0.1) is 0 Å². The molecule has 1 saturated heterocycles. The summed E-state index contributed by atoms with van der Waals surface area (Å²) in [6.07, 6.45) is 1.71. The summed E-state index contributed by atoms with van der Waals surface area (Å²) in [5, 5.41) is 0. The van der Waals surface area contributed by atoms with E-state index in [1.54, 1.807) is 14.2 Å².